The third-order valence-electron chi connectivity index (χ3n) is 3.85. The van der Waals surface area contributed by atoms with Crippen LogP contribution < -0.4 is 5.32 Å². The van der Waals surface area contributed by atoms with Crippen LogP contribution in [0.4, 0.5) is 0 Å². The maximum absolute atomic E-state index is 12.3. The summed E-state index contributed by atoms with van der Waals surface area (Å²) in [5, 5.41) is 16.7. The zero-order valence-electron chi connectivity index (χ0n) is 12.3. The van der Waals surface area contributed by atoms with Crippen molar-refractivity contribution in [1.82, 2.24) is 20.1 Å². The molecule has 1 saturated carbocycles. The number of aromatic nitrogens is 3. The summed E-state index contributed by atoms with van der Waals surface area (Å²) < 4.78 is 1.68. The molecule has 1 aliphatic rings. The van der Waals surface area contributed by atoms with Crippen LogP contribution in [0.25, 0.3) is 10.6 Å². The second kappa shape index (κ2) is 5.20. The van der Waals surface area contributed by atoms with Crippen molar-refractivity contribution in [3.8, 4) is 10.6 Å². The van der Waals surface area contributed by atoms with Crippen molar-refractivity contribution in [3.05, 3.63) is 23.0 Å². The smallest absolute Gasteiger partial charge is 0.311 e. The van der Waals surface area contributed by atoms with E-state index >= 15 is 0 Å². The Balaban J connectivity index is 1.73. The van der Waals surface area contributed by atoms with Gasteiger partial charge >= 0.3 is 5.97 Å². The number of aryl methyl sites for hydroxylation is 2. The summed E-state index contributed by atoms with van der Waals surface area (Å²) in [6, 6.07) is 0. The molecule has 0 bridgehead atoms. The highest BCUT2D eigenvalue weighted by Crippen LogP contribution is 2.45. The van der Waals surface area contributed by atoms with E-state index in [1.807, 2.05) is 13.2 Å². The predicted molar refractivity (Wildman–Crippen MR) is 80.7 cm³/mol. The summed E-state index contributed by atoms with van der Waals surface area (Å²) in [5.74, 6) is -1.11. The Kier molecular flexibility index (Phi) is 3.48. The van der Waals surface area contributed by atoms with E-state index in [2.05, 4.69) is 15.4 Å². The lowest BCUT2D eigenvalue weighted by Gasteiger charge is -2.10. The number of nitrogens with one attached hydrogen (secondary N) is 1. The number of carboxylic acids is 1. The maximum atomic E-state index is 12.3. The van der Waals surface area contributed by atoms with Crippen LogP contribution in [0.15, 0.2) is 12.4 Å². The molecular weight excluding hydrogens is 304 g/mol. The van der Waals surface area contributed by atoms with E-state index < -0.39 is 11.4 Å². The first kappa shape index (κ1) is 14.7. The van der Waals surface area contributed by atoms with Crippen LogP contribution in [0, 0.1) is 12.3 Å². The molecule has 0 unspecified atom stereocenters. The minimum atomic E-state index is -0.843. The number of carbonyl (C=O) groups excluding carboxylic acids is 1. The first-order valence-corrected chi connectivity index (χ1v) is 7.71. The number of nitrogens with zero attached hydrogens (tertiary/aromatic N) is 3. The molecule has 8 heteroatoms. The van der Waals surface area contributed by atoms with E-state index in [0.29, 0.717) is 23.4 Å². The minimum Gasteiger partial charge on any atom is -0.481 e. The standard InChI is InChI=1S/C14H16N4O3S/c1-8-10(11(19)15-7-14(3-4-14)13(20)21)22-12(17-8)9-5-16-18(2)6-9/h5-6H,3-4,7H2,1-2H3,(H,15,19)(H,20,21). The van der Waals surface area contributed by atoms with Crippen molar-refractivity contribution < 1.29 is 14.7 Å². The Morgan fingerprint density at radius 3 is 2.77 bits per heavy atom. The first-order valence-electron chi connectivity index (χ1n) is 6.89. The molecule has 2 N–H and O–H groups in total. The summed E-state index contributed by atoms with van der Waals surface area (Å²) in [6.45, 7) is 1.94. The number of hydrogen-bond acceptors (Lipinski definition) is 5. The lowest BCUT2D eigenvalue weighted by atomic mass is 10.1. The van der Waals surface area contributed by atoms with Crippen LogP contribution in [-0.2, 0) is 11.8 Å². The van der Waals surface area contributed by atoms with E-state index in [1.165, 1.54) is 11.3 Å². The number of thiazole rings is 1. The van der Waals surface area contributed by atoms with E-state index in [9.17, 15) is 9.59 Å². The average molecular weight is 320 g/mol. The van der Waals surface area contributed by atoms with Gasteiger partial charge in [0.25, 0.3) is 5.91 Å². The Bertz CT molecular complexity index is 745. The fourth-order valence-electron chi connectivity index (χ4n) is 2.21. The van der Waals surface area contributed by atoms with Crippen LogP contribution in [0.1, 0.15) is 28.2 Å². The number of rotatable bonds is 5. The fraction of sp³-hybridized carbons (Fsp3) is 0.429. The van der Waals surface area contributed by atoms with Gasteiger partial charge in [0.15, 0.2) is 0 Å². The highest BCUT2D eigenvalue weighted by Gasteiger charge is 2.50. The van der Waals surface area contributed by atoms with Crippen LogP contribution >= 0.6 is 11.3 Å². The van der Waals surface area contributed by atoms with E-state index in [-0.39, 0.29) is 12.5 Å². The largest absolute Gasteiger partial charge is 0.481 e. The molecule has 1 amide bonds. The quantitative estimate of drug-likeness (QED) is 0.869. The highest BCUT2D eigenvalue weighted by atomic mass is 32.1. The number of carboxylic acid groups (broad SMARTS) is 1. The number of carbonyl (C=O) groups is 2. The minimum absolute atomic E-state index is 0.167. The van der Waals surface area contributed by atoms with Gasteiger partial charge in [0.05, 0.1) is 17.3 Å². The van der Waals surface area contributed by atoms with Gasteiger partial charge in [-0.25, -0.2) is 4.98 Å². The van der Waals surface area contributed by atoms with Gasteiger partial charge in [-0.15, -0.1) is 11.3 Å². The third-order valence-corrected chi connectivity index (χ3v) is 5.05. The first-order chi connectivity index (χ1) is 10.4. The molecule has 2 aromatic rings. The third kappa shape index (κ3) is 2.61. The van der Waals surface area contributed by atoms with E-state index in [4.69, 9.17) is 5.11 Å². The molecule has 0 aromatic carbocycles. The zero-order valence-corrected chi connectivity index (χ0v) is 13.1. The Morgan fingerprint density at radius 2 is 2.23 bits per heavy atom. The Labute approximate surface area is 131 Å². The molecule has 1 fully saturated rings. The summed E-state index contributed by atoms with van der Waals surface area (Å²) in [6.07, 6.45) is 4.77. The van der Waals surface area contributed by atoms with Crippen molar-refractivity contribution in [2.75, 3.05) is 6.54 Å². The molecule has 0 spiro atoms. The van der Waals surface area contributed by atoms with E-state index in [1.54, 1.807) is 17.8 Å². The monoisotopic (exact) mass is 320 g/mol. The van der Waals surface area contributed by atoms with Gasteiger partial charge in [-0.1, -0.05) is 0 Å². The van der Waals surface area contributed by atoms with Crippen LogP contribution in [0.2, 0.25) is 0 Å². The topological polar surface area (TPSA) is 97.1 Å². The SMILES string of the molecule is Cc1nc(-c2cnn(C)c2)sc1C(=O)NCC1(C(=O)O)CC1. The van der Waals surface area contributed by atoms with Crippen LogP contribution in [-0.4, -0.2) is 38.3 Å². The molecule has 0 aliphatic heterocycles. The molecule has 116 valence electrons. The molecule has 2 aromatic heterocycles. The molecule has 7 nitrogen and oxygen atoms in total. The molecule has 1 aliphatic carbocycles. The molecule has 3 rings (SSSR count). The lowest BCUT2D eigenvalue weighted by Crippen LogP contribution is -2.34. The van der Waals surface area contributed by atoms with Gasteiger partial charge in [0, 0.05) is 25.4 Å². The second-order valence-electron chi connectivity index (χ2n) is 5.60. The van der Waals surface area contributed by atoms with Crippen molar-refractivity contribution in [1.29, 1.82) is 0 Å². The maximum Gasteiger partial charge on any atom is 0.311 e. The molecule has 22 heavy (non-hydrogen) atoms. The fourth-order valence-corrected chi connectivity index (χ4v) is 3.17. The average Bonchev–Trinajstić information content (AvgIpc) is 3.00. The molecular formula is C14H16N4O3S. The molecule has 2 heterocycles. The van der Waals surface area contributed by atoms with Crippen molar-refractivity contribution >= 4 is 23.2 Å². The van der Waals surface area contributed by atoms with Crippen molar-refractivity contribution in [2.24, 2.45) is 12.5 Å². The highest BCUT2D eigenvalue weighted by molar-refractivity contribution is 7.17. The van der Waals surface area contributed by atoms with Gasteiger partial charge in [-0.3, -0.25) is 14.3 Å². The summed E-state index contributed by atoms with van der Waals surface area (Å²) >= 11 is 1.29. The van der Waals surface area contributed by atoms with Crippen LogP contribution in [0.3, 0.4) is 0 Å². The van der Waals surface area contributed by atoms with Gasteiger partial charge in [-0.2, -0.15) is 5.10 Å². The molecule has 0 atom stereocenters. The van der Waals surface area contributed by atoms with Gasteiger partial charge < -0.3 is 10.4 Å². The Morgan fingerprint density at radius 1 is 1.50 bits per heavy atom. The summed E-state index contributed by atoms with van der Waals surface area (Å²) in [7, 11) is 1.82. The number of hydrogen-bond donors (Lipinski definition) is 2. The summed E-state index contributed by atoms with van der Waals surface area (Å²) in [4.78, 5) is 28.3. The number of amides is 1. The van der Waals surface area contributed by atoms with Gasteiger partial charge in [0.1, 0.15) is 9.88 Å². The predicted octanol–water partition coefficient (Wildman–Crippen LogP) is 1.45. The Hall–Kier alpha value is -2.22. The summed E-state index contributed by atoms with van der Waals surface area (Å²) in [5.41, 5.74) is 0.737. The lowest BCUT2D eigenvalue weighted by molar-refractivity contribution is -0.143. The van der Waals surface area contributed by atoms with E-state index in [0.717, 1.165) is 10.6 Å². The van der Waals surface area contributed by atoms with Crippen molar-refractivity contribution in [2.45, 2.75) is 19.8 Å². The number of aliphatic carboxylic acids is 1. The zero-order chi connectivity index (χ0) is 15.9. The van der Waals surface area contributed by atoms with Crippen LogP contribution in [0.5, 0.6) is 0 Å². The molecule has 0 saturated heterocycles. The molecule has 0 radical (unpaired) electrons. The normalized spacial score (nSPS) is 15.5. The second-order valence-corrected chi connectivity index (χ2v) is 6.60. The van der Waals surface area contributed by atoms with Crippen molar-refractivity contribution in [3.63, 3.8) is 0 Å². The van der Waals surface area contributed by atoms with Gasteiger partial charge in [-0.05, 0) is 19.8 Å². The van der Waals surface area contributed by atoms with Gasteiger partial charge in [0.2, 0.25) is 0 Å².